The van der Waals surface area contributed by atoms with Gasteiger partial charge in [-0.05, 0) is 18.9 Å². The van der Waals surface area contributed by atoms with E-state index in [9.17, 15) is 4.79 Å². The van der Waals surface area contributed by atoms with Gasteiger partial charge in [0.25, 0.3) is 0 Å². The summed E-state index contributed by atoms with van der Waals surface area (Å²) in [5, 5.41) is 10.8. The molecule has 0 saturated heterocycles. The first-order valence-corrected chi connectivity index (χ1v) is 6.71. The van der Waals surface area contributed by atoms with Gasteiger partial charge in [-0.25, -0.2) is 0 Å². The molecule has 1 amide bonds. The molecule has 1 aromatic heterocycles. The van der Waals surface area contributed by atoms with Gasteiger partial charge in [0, 0.05) is 5.39 Å². The van der Waals surface area contributed by atoms with Crippen molar-refractivity contribution in [2.24, 2.45) is 5.73 Å². The van der Waals surface area contributed by atoms with Gasteiger partial charge in [0.2, 0.25) is 5.91 Å². The Morgan fingerprint density at radius 3 is 2.80 bits per heavy atom. The van der Waals surface area contributed by atoms with Crippen LogP contribution in [0.15, 0.2) is 24.4 Å². The van der Waals surface area contributed by atoms with Crippen molar-refractivity contribution in [2.75, 3.05) is 5.32 Å². The molecule has 1 fully saturated rings. The first-order chi connectivity index (χ1) is 9.19. The molecule has 20 heavy (non-hydrogen) atoms. The highest BCUT2D eigenvalue weighted by Crippen LogP contribution is 2.28. The molecular weight excluding hydrogens is 276 g/mol. The third-order valence-corrected chi connectivity index (χ3v) is 3.92. The van der Waals surface area contributed by atoms with Crippen LogP contribution in [-0.4, -0.2) is 21.6 Å². The number of fused-ring (bicyclic) bond motifs is 1. The van der Waals surface area contributed by atoms with Crippen molar-refractivity contribution in [2.45, 2.75) is 37.6 Å². The molecule has 1 aliphatic carbocycles. The van der Waals surface area contributed by atoms with E-state index in [1.807, 2.05) is 18.2 Å². The van der Waals surface area contributed by atoms with Crippen LogP contribution in [0.5, 0.6) is 0 Å². The van der Waals surface area contributed by atoms with Crippen molar-refractivity contribution in [1.82, 2.24) is 10.2 Å². The number of para-hydroxylation sites is 1. The largest absolute Gasteiger partial charge is 0.323 e. The van der Waals surface area contributed by atoms with Crippen LogP contribution < -0.4 is 11.1 Å². The van der Waals surface area contributed by atoms with Crippen molar-refractivity contribution in [1.29, 1.82) is 0 Å². The van der Waals surface area contributed by atoms with Crippen LogP contribution in [0, 0.1) is 0 Å². The van der Waals surface area contributed by atoms with E-state index in [1.54, 1.807) is 6.20 Å². The number of nitrogens with two attached hydrogens (primary N) is 1. The number of aromatic amines is 1. The van der Waals surface area contributed by atoms with Crippen LogP contribution in [0.1, 0.15) is 32.1 Å². The minimum Gasteiger partial charge on any atom is -0.323 e. The molecule has 1 heterocycles. The Balaban J connectivity index is 0.00000147. The summed E-state index contributed by atoms with van der Waals surface area (Å²) in [7, 11) is 0. The van der Waals surface area contributed by atoms with Gasteiger partial charge in [-0.2, -0.15) is 5.10 Å². The van der Waals surface area contributed by atoms with Crippen molar-refractivity contribution >= 4 is 34.9 Å². The summed E-state index contributed by atoms with van der Waals surface area (Å²) in [5.41, 5.74) is 7.10. The number of halogens is 1. The normalized spacial score (nSPS) is 17.4. The number of benzene rings is 1. The molecule has 6 heteroatoms. The molecule has 0 unspecified atom stereocenters. The van der Waals surface area contributed by atoms with Gasteiger partial charge in [0.15, 0.2) is 0 Å². The molecule has 0 bridgehead atoms. The SMILES string of the molecule is Cl.NC1(C(=O)Nc2cccc3cn[nH]c23)CCCCC1. The lowest BCUT2D eigenvalue weighted by Crippen LogP contribution is -2.52. The fourth-order valence-corrected chi connectivity index (χ4v) is 2.73. The highest BCUT2D eigenvalue weighted by Gasteiger charge is 2.35. The number of nitrogens with one attached hydrogen (secondary N) is 2. The smallest absolute Gasteiger partial charge is 0.244 e. The monoisotopic (exact) mass is 294 g/mol. The number of rotatable bonds is 2. The third-order valence-electron chi connectivity index (χ3n) is 3.92. The molecule has 3 rings (SSSR count). The van der Waals surface area contributed by atoms with E-state index in [1.165, 1.54) is 6.42 Å². The maximum Gasteiger partial charge on any atom is 0.244 e. The number of anilines is 1. The average Bonchev–Trinajstić information content (AvgIpc) is 2.89. The van der Waals surface area contributed by atoms with Crippen molar-refractivity contribution < 1.29 is 4.79 Å². The van der Waals surface area contributed by atoms with E-state index in [0.717, 1.165) is 42.3 Å². The molecule has 5 nitrogen and oxygen atoms in total. The van der Waals surface area contributed by atoms with Crippen molar-refractivity contribution in [3.63, 3.8) is 0 Å². The lowest BCUT2D eigenvalue weighted by molar-refractivity contribution is -0.122. The molecule has 108 valence electrons. The van der Waals surface area contributed by atoms with Crippen LogP contribution in [0.25, 0.3) is 10.9 Å². The highest BCUT2D eigenvalue weighted by atomic mass is 35.5. The van der Waals surface area contributed by atoms with E-state index < -0.39 is 5.54 Å². The van der Waals surface area contributed by atoms with E-state index in [0.29, 0.717) is 0 Å². The molecule has 0 spiro atoms. The zero-order valence-electron chi connectivity index (χ0n) is 11.2. The fraction of sp³-hybridized carbons (Fsp3) is 0.429. The van der Waals surface area contributed by atoms with Gasteiger partial charge in [-0.15, -0.1) is 12.4 Å². The highest BCUT2D eigenvalue weighted by molar-refractivity contribution is 6.03. The summed E-state index contributed by atoms with van der Waals surface area (Å²) in [4.78, 5) is 12.4. The van der Waals surface area contributed by atoms with Crippen LogP contribution in [0.3, 0.4) is 0 Å². The van der Waals surface area contributed by atoms with Gasteiger partial charge in [0.1, 0.15) is 0 Å². The Morgan fingerprint density at radius 2 is 2.05 bits per heavy atom. The van der Waals surface area contributed by atoms with E-state index in [4.69, 9.17) is 5.73 Å². The molecule has 1 aliphatic rings. The second-order valence-corrected chi connectivity index (χ2v) is 5.31. The summed E-state index contributed by atoms with van der Waals surface area (Å²) in [5.74, 6) is -0.0886. The lowest BCUT2D eigenvalue weighted by atomic mass is 9.82. The third kappa shape index (κ3) is 2.64. The topological polar surface area (TPSA) is 83.8 Å². The summed E-state index contributed by atoms with van der Waals surface area (Å²) in [6, 6.07) is 5.72. The summed E-state index contributed by atoms with van der Waals surface area (Å²) in [6.45, 7) is 0. The van der Waals surface area contributed by atoms with E-state index in [-0.39, 0.29) is 18.3 Å². The average molecular weight is 295 g/mol. The first kappa shape index (κ1) is 14.8. The summed E-state index contributed by atoms with van der Waals surface area (Å²) in [6.07, 6.45) is 6.48. The van der Waals surface area contributed by atoms with Crippen LogP contribution >= 0.6 is 12.4 Å². The number of H-pyrrole nitrogens is 1. The second kappa shape index (κ2) is 5.81. The fourth-order valence-electron chi connectivity index (χ4n) is 2.73. The lowest BCUT2D eigenvalue weighted by Gasteiger charge is -2.31. The van der Waals surface area contributed by atoms with Gasteiger partial charge in [-0.3, -0.25) is 9.89 Å². The Morgan fingerprint density at radius 1 is 1.30 bits per heavy atom. The van der Waals surface area contributed by atoms with Gasteiger partial charge < -0.3 is 11.1 Å². The van der Waals surface area contributed by atoms with Crippen molar-refractivity contribution in [3.05, 3.63) is 24.4 Å². The molecule has 0 atom stereocenters. The number of hydrogen-bond donors (Lipinski definition) is 3. The molecule has 2 aromatic rings. The zero-order chi connectivity index (χ0) is 13.3. The predicted molar refractivity (Wildman–Crippen MR) is 82.0 cm³/mol. The van der Waals surface area contributed by atoms with E-state index in [2.05, 4.69) is 15.5 Å². The minimum absolute atomic E-state index is 0. The number of hydrogen-bond acceptors (Lipinski definition) is 3. The number of nitrogens with zero attached hydrogens (tertiary/aromatic N) is 1. The quantitative estimate of drug-likeness (QED) is 0.796. The number of amides is 1. The van der Waals surface area contributed by atoms with Crippen molar-refractivity contribution in [3.8, 4) is 0 Å². The molecular formula is C14H19ClN4O. The Labute approximate surface area is 123 Å². The Kier molecular flexibility index (Phi) is 4.30. The molecule has 0 radical (unpaired) electrons. The van der Waals surface area contributed by atoms with E-state index >= 15 is 0 Å². The van der Waals surface area contributed by atoms with Crippen LogP contribution in [0.2, 0.25) is 0 Å². The van der Waals surface area contributed by atoms with Crippen LogP contribution in [-0.2, 0) is 4.79 Å². The summed E-state index contributed by atoms with van der Waals surface area (Å²) < 4.78 is 0. The maximum atomic E-state index is 12.4. The zero-order valence-corrected chi connectivity index (χ0v) is 12.0. The second-order valence-electron chi connectivity index (χ2n) is 5.31. The number of carbonyl (C=O) groups excluding carboxylic acids is 1. The molecule has 4 N–H and O–H groups in total. The number of carbonyl (C=O) groups is 1. The molecule has 0 aliphatic heterocycles. The molecule has 1 aromatic carbocycles. The predicted octanol–water partition coefficient (Wildman–Crippen LogP) is 2.58. The Bertz CT molecular complexity index is 604. The van der Waals surface area contributed by atoms with Gasteiger partial charge in [-0.1, -0.05) is 31.4 Å². The van der Waals surface area contributed by atoms with Gasteiger partial charge in [0.05, 0.1) is 22.9 Å². The standard InChI is InChI=1S/C14H18N4O.ClH/c15-14(7-2-1-3-8-14)13(19)17-11-6-4-5-10-9-16-18-12(10)11;/h4-6,9H,1-3,7-8,15H2,(H,16,18)(H,17,19);1H. The van der Waals surface area contributed by atoms with Gasteiger partial charge >= 0.3 is 0 Å². The number of aromatic nitrogens is 2. The maximum absolute atomic E-state index is 12.4. The summed E-state index contributed by atoms with van der Waals surface area (Å²) >= 11 is 0. The Hall–Kier alpha value is -1.59. The molecule has 1 saturated carbocycles. The minimum atomic E-state index is -0.722. The van der Waals surface area contributed by atoms with Crippen LogP contribution in [0.4, 0.5) is 5.69 Å². The first-order valence-electron chi connectivity index (χ1n) is 6.71.